The maximum Gasteiger partial charge on any atom is 0.174 e. The van der Waals surface area contributed by atoms with E-state index in [2.05, 4.69) is 25.3 Å². The normalized spacial score (nSPS) is 15.3. The van der Waals surface area contributed by atoms with Gasteiger partial charge >= 0.3 is 0 Å². The van der Waals surface area contributed by atoms with E-state index < -0.39 is 0 Å². The Balaban J connectivity index is 1.33. The zero-order chi connectivity index (χ0) is 21.1. The number of benzene rings is 1. The standard InChI is InChI=1S/C22H27FN6O/c1-15-10-16(2)29(27-15)22-13-24-12-21(26-22)25-18-6-8-28(9-7-18)14-17-4-5-20(30-3)19(23)11-17/h4-5,10-13,18H,6-9,14H2,1-3H3,(H,25,26). The van der Waals surface area contributed by atoms with Gasteiger partial charge < -0.3 is 10.1 Å². The highest BCUT2D eigenvalue weighted by Gasteiger charge is 2.20. The number of halogens is 1. The van der Waals surface area contributed by atoms with Crippen LogP contribution in [0.2, 0.25) is 0 Å². The summed E-state index contributed by atoms with van der Waals surface area (Å²) in [7, 11) is 1.48. The molecule has 1 aliphatic heterocycles. The van der Waals surface area contributed by atoms with E-state index in [9.17, 15) is 4.39 Å². The summed E-state index contributed by atoms with van der Waals surface area (Å²) in [6, 6.07) is 7.52. The summed E-state index contributed by atoms with van der Waals surface area (Å²) >= 11 is 0. The van der Waals surface area contributed by atoms with Gasteiger partial charge in [-0.05, 0) is 50.5 Å². The molecule has 8 heteroatoms. The van der Waals surface area contributed by atoms with Crippen LogP contribution >= 0.6 is 0 Å². The lowest BCUT2D eigenvalue weighted by atomic mass is 10.0. The van der Waals surface area contributed by atoms with Gasteiger partial charge in [0.2, 0.25) is 0 Å². The lowest BCUT2D eigenvalue weighted by molar-refractivity contribution is 0.211. The highest BCUT2D eigenvalue weighted by Crippen LogP contribution is 2.21. The highest BCUT2D eigenvalue weighted by atomic mass is 19.1. The van der Waals surface area contributed by atoms with Crippen molar-refractivity contribution in [1.29, 1.82) is 0 Å². The molecule has 0 saturated carbocycles. The Labute approximate surface area is 175 Å². The fourth-order valence-corrected chi connectivity index (χ4v) is 3.90. The van der Waals surface area contributed by atoms with Crippen molar-refractivity contribution in [3.63, 3.8) is 0 Å². The Bertz CT molecular complexity index is 1010. The lowest BCUT2D eigenvalue weighted by Gasteiger charge is -2.32. The second-order valence-corrected chi connectivity index (χ2v) is 7.77. The maximum absolute atomic E-state index is 13.9. The first-order chi connectivity index (χ1) is 14.5. The molecule has 1 aromatic carbocycles. The summed E-state index contributed by atoms with van der Waals surface area (Å²) < 4.78 is 20.7. The number of likely N-dealkylation sites (tertiary alicyclic amines) is 1. The number of methoxy groups -OCH3 is 1. The molecule has 158 valence electrons. The predicted octanol–water partition coefficient (Wildman–Crippen LogP) is 3.50. The molecule has 1 N–H and O–H groups in total. The fraction of sp³-hybridized carbons (Fsp3) is 0.409. The van der Waals surface area contributed by atoms with Gasteiger partial charge in [0.25, 0.3) is 0 Å². The summed E-state index contributed by atoms with van der Waals surface area (Å²) in [4.78, 5) is 11.4. The van der Waals surface area contributed by atoms with Crippen LogP contribution in [0.4, 0.5) is 10.2 Å². The fourth-order valence-electron chi connectivity index (χ4n) is 3.90. The van der Waals surface area contributed by atoms with Crippen LogP contribution in [0.5, 0.6) is 5.75 Å². The summed E-state index contributed by atoms with van der Waals surface area (Å²) in [6.45, 7) is 6.59. The predicted molar refractivity (Wildman–Crippen MR) is 114 cm³/mol. The summed E-state index contributed by atoms with van der Waals surface area (Å²) in [6.07, 6.45) is 5.46. The minimum atomic E-state index is -0.312. The molecule has 1 saturated heterocycles. The molecule has 0 atom stereocenters. The Morgan fingerprint density at radius 1 is 1.17 bits per heavy atom. The van der Waals surface area contributed by atoms with Crippen molar-refractivity contribution in [2.24, 2.45) is 0 Å². The molecule has 1 fully saturated rings. The smallest absolute Gasteiger partial charge is 0.174 e. The van der Waals surface area contributed by atoms with Crippen LogP contribution in [0.25, 0.3) is 5.82 Å². The third kappa shape index (κ3) is 4.59. The summed E-state index contributed by atoms with van der Waals surface area (Å²) in [5.41, 5.74) is 2.95. The van der Waals surface area contributed by atoms with Gasteiger partial charge in [-0.15, -0.1) is 0 Å². The van der Waals surface area contributed by atoms with E-state index in [0.717, 1.165) is 55.2 Å². The summed E-state index contributed by atoms with van der Waals surface area (Å²) in [5.74, 6) is 1.44. The molecule has 30 heavy (non-hydrogen) atoms. The lowest BCUT2D eigenvalue weighted by Crippen LogP contribution is -2.38. The van der Waals surface area contributed by atoms with Gasteiger partial charge in [-0.1, -0.05) is 6.07 Å². The van der Waals surface area contributed by atoms with Crippen LogP contribution in [-0.4, -0.2) is 50.9 Å². The zero-order valence-corrected chi connectivity index (χ0v) is 17.6. The number of hydrogen-bond acceptors (Lipinski definition) is 6. The van der Waals surface area contributed by atoms with Crippen LogP contribution < -0.4 is 10.1 Å². The maximum atomic E-state index is 13.9. The van der Waals surface area contributed by atoms with Crippen molar-refractivity contribution in [1.82, 2.24) is 24.6 Å². The molecule has 0 spiro atoms. The molecule has 2 aromatic heterocycles. The van der Waals surface area contributed by atoms with E-state index >= 15 is 0 Å². The van der Waals surface area contributed by atoms with E-state index in [1.807, 2.05) is 30.7 Å². The van der Waals surface area contributed by atoms with E-state index in [1.165, 1.54) is 7.11 Å². The van der Waals surface area contributed by atoms with E-state index in [0.29, 0.717) is 11.9 Å². The molecule has 4 rings (SSSR count). The number of hydrogen-bond donors (Lipinski definition) is 1. The first-order valence-corrected chi connectivity index (χ1v) is 10.2. The van der Waals surface area contributed by atoms with Gasteiger partial charge in [0.15, 0.2) is 17.4 Å². The van der Waals surface area contributed by atoms with E-state index in [1.54, 1.807) is 24.5 Å². The van der Waals surface area contributed by atoms with Gasteiger partial charge in [-0.2, -0.15) is 5.10 Å². The Kier molecular flexibility index (Phi) is 5.94. The molecular weight excluding hydrogens is 383 g/mol. The van der Waals surface area contributed by atoms with Crippen molar-refractivity contribution >= 4 is 5.82 Å². The molecule has 0 radical (unpaired) electrons. The highest BCUT2D eigenvalue weighted by molar-refractivity contribution is 5.37. The molecular formula is C22H27FN6O. The average molecular weight is 410 g/mol. The molecule has 3 aromatic rings. The summed E-state index contributed by atoms with van der Waals surface area (Å²) in [5, 5.41) is 7.99. The first-order valence-electron chi connectivity index (χ1n) is 10.2. The molecule has 0 aliphatic carbocycles. The molecule has 3 heterocycles. The van der Waals surface area contributed by atoms with Crippen molar-refractivity contribution in [3.05, 3.63) is 59.4 Å². The topological polar surface area (TPSA) is 68.1 Å². The Morgan fingerprint density at radius 2 is 1.97 bits per heavy atom. The SMILES string of the molecule is COc1ccc(CN2CCC(Nc3cncc(-n4nc(C)cc4C)n3)CC2)cc1F. The number of ether oxygens (including phenoxy) is 1. The van der Waals surface area contributed by atoms with Gasteiger partial charge in [-0.3, -0.25) is 9.88 Å². The molecule has 0 amide bonds. The monoisotopic (exact) mass is 410 g/mol. The van der Waals surface area contributed by atoms with Crippen molar-refractivity contribution < 1.29 is 9.13 Å². The van der Waals surface area contributed by atoms with Crippen LogP contribution in [-0.2, 0) is 6.54 Å². The number of aryl methyl sites for hydroxylation is 2. The Morgan fingerprint density at radius 3 is 2.63 bits per heavy atom. The number of aromatic nitrogens is 4. The number of nitrogens with zero attached hydrogens (tertiary/aromatic N) is 5. The number of anilines is 1. The molecule has 0 unspecified atom stereocenters. The third-order valence-corrected chi connectivity index (χ3v) is 5.41. The third-order valence-electron chi connectivity index (χ3n) is 5.41. The number of rotatable bonds is 6. The van der Waals surface area contributed by atoms with Crippen molar-refractivity contribution in [2.45, 2.75) is 39.3 Å². The van der Waals surface area contributed by atoms with Crippen LogP contribution in [0.1, 0.15) is 29.8 Å². The molecule has 1 aliphatic rings. The zero-order valence-electron chi connectivity index (χ0n) is 17.6. The van der Waals surface area contributed by atoms with Gasteiger partial charge in [-0.25, -0.2) is 14.1 Å². The molecule has 0 bridgehead atoms. The number of piperidine rings is 1. The molecule has 7 nitrogen and oxygen atoms in total. The minimum Gasteiger partial charge on any atom is -0.494 e. The van der Waals surface area contributed by atoms with Crippen molar-refractivity contribution in [3.8, 4) is 11.6 Å². The van der Waals surface area contributed by atoms with Crippen molar-refractivity contribution in [2.75, 3.05) is 25.5 Å². The Hall–Kier alpha value is -3.00. The minimum absolute atomic E-state index is 0.283. The van der Waals surface area contributed by atoms with Gasteiger partial charge in [0.05, 0.1) is 25.2 Å². The van der Waals surface area contributed by atoms with Crippen LogP contribution in [0.15, 0.2) is 36.7 Å². The van der Waals surface area contributed by atoms with Crippen LogP contribution in [0, 0.1) is 19.7 Å². The first kappa shape index (κ1) is 20.3. The largest absolute Gasteiger partial charge is 0.494 e. The van der Waals surface area contributed by atoms with Gasteiger partial charge in [0.1, 0.15) is 5.82 Å². The van der Waals surface area contributed by atoms with E-state index in [4.69, 9.17) is 4.74 Å². The van der Waals surface area contributed by atoms with E-state index in [-0.39, 0.29) is 11.6 Å². The second-order valence-electron chi connectivity index (χ2n) is 7.77. The second kappa shape index (κ2) is 8.79. The average Bonchev–Trinajstić information content (AvgIpc) is 3.08. The quantitative estimate of drug-likeness (QED) is 0.671. The van der Waals surface area contributed by atoms with Gasteiger partial charge in [0, 0.05) is 31.4 Å². The van der Waals surface area contributed by atoms with Crippen LogP contribution in [0.3, 0.4) is 0 Å². The number of nitrogens with one attached hydrogen (secondary N) is 1.